The highest BCUT2D eigenvalue weighted by molar-refractivity contribution is 8.01. The molecule has 0 saturated heterocycles. The molecule has 3 nitrogen and oxygen atoms in total. The van der Waals surface area contributed by atoms with Crippen LogP contribution in [0.15, 0.2) is 121 Å². The summed E-state index contributed by atoms with van der Waals surface area (Å²) >= 11 is -4.01. The van der Waals surface area contributed by atoms with Crippen molar-refractivity contribution in [2.75, 3.05) is 0 Å². The Bertz CT molecular complexity index is 815. The summed E-state index contributed by atoms with van der Waals surface area (Å²) in [6, 6.07) is 43.8. The van der Waals surface area contributed by atoms with E-state index in [1.54, 1.807) is 0 Å². The van der Waals surface area contributed by atoms with Gasteiger partial charge < -0.3 is 10.3 Å². The normalized spacial score (nSPS) is 10.9. The first-order chi connectivity index (χ1) is 14.2. The molecule has 0 N–H and O–H groups in total. The van der Waals surface area contributed by atoms with Crippen LogP contribution in [0.2, 0.25) is 0 Å². The number of benzene rings is 4. The van der Waals surface area contributed by atoms with E-state index in [4.69, 9.17) is 10.3 Å². The molecular formula is C24H20IO3P. The van der Waals surface area contributed by atoms with E-state index >= 15 is 0 Å². The molecule has 0 spiro atoms. The SMILES string of the molecule is [O-][I+2]([O-])[O-].c1ccc([P+](c2ccccc2)(c2ccccc2)c2ccccc2)cc1. The molecule has 0 atom stereocenters. The van der Waals surface area contributed by atoms with Crippen molar-refractivity contribution in [2.45, 2.75) is 0 Å². The minimum Gasteiger partial charge on any atom is -0.427 e. The van der Waals surface area contributed by atoms with E-state index in [9.17, 15) is 0 Å². The molecule has 0 aromatic heterocycles. The first-order valence-corrected chi connectivity index (χ1v) is 13.4. The Morgan fingerprint density at radius 1 is 0.379 bits per heavy atom. The Morgan fingerprint density at radius 3 is 0.724 bits per heavy atom. The van der Waals surface area contributed by atoms with Gasteiger partial charge in [0.05, 0.1) is 0 Å². The molecule has 0 saturated carbocycles. The van der Waals surface area contributed by atoms with E-state index < -0.39 is 28.3 Å². The third kappa shape index (κ3) is 5.10. The molecule has 0 bridgehead atoms. The van der Waals surface area contributed by atoms with Crippen molar-refractivity contribution in [3.05, 3.63) is 121 Å². The number of hydrogen-bond donors (Lipinski definition) is 0. The van der Waals surface area contributed by atoms with Gasteiger partial charge in [-0.2, -0.15) is 0 Å². The molecule has 4 aromatic rings. The van der Waals surface area contributed by atoms with Gasteiger partial charge in [-0.1, -0.05) is 72.8 Å². The monoisotopic (exact) mass is 514 g/mol. The van der Waals surface area contributed by atoms with Crippen molar-refractivity contribution in [2.24, 2.45) is 0 Å². The quantitative estimate of drug-likeness (QED) is 0.228. The fourth-order valence-electron chi connectivity index (χ4n) is 3.50. The van der Waals surface area contributed by atoms with Gasteiger partial charge in [0.1, 0.15) is 28.5 Å². The van der Waals surface area contributed by atoms with Gasteiger partial charge in [-0.05, 0) is 48.5 Å². The topological polar surface area (TPSA) is 69.2 Å². The lowest BCUT2D eigenvalue weighted by Gasteiger charge is -2.27. The van der Waals surface area contributed by atoms with Crippen molar-refractivity contribution in [3.63, 3.8) is 0 Å². The zero-order valence-electron chi connectivity index (χ0n) is 15.6. The second-order valence-electron chi connectivity index (χ2n) is 6.20. The smallest absolute Gasteiger partial charge is 0.282 e. The largest absolute Gasteiger partial charge is 0.427 e. The number of rotatable bonds is 4. The zero-order valence-corrected chi connectivity index (χ0v) is 18.6. The molecule has 0 amide bonds. The van der Waals surface area contributed by atoms with Crippen LogP contribution in [0, 0.1) is 0 Å². The van der Waals surface area contributed by atoms with Gasteiger partial charge in [0, 0.05) is 0 Å². The Balaban J connectivity index is 0.000000552. The Morgan fingerprint density at radius 2 is 0.552 bits per heavy atom. The predicted molar refractivity (Wildman–Crippen MR) is 111 cm³/mol. The summed E-state index contributed by atoms with van der Waals surface area (Å²) in [6.45, 7) is 0. The van der Waals surface area contributed by atoms with Crippen LogP contribution in [0.25, 0.3) is 0 Å². The van der Waals surface area contributed by atoms with Crippen molar-refractivity contribution >= 4 is 28.5 Å². The first-order valence-electron chi connectivity index (χ1n) is 9.00. The summed E-state index contributed by atoms with van der Waals surface area (Å²) in [7, 11) is -1.91. The zero-order chi connectivity index (χ0) is 20.5. The van der Waals surface area contributed by atoms with Crippen molar-refractivity contribution < 1.29 is 31.4 Å². The average molecular weight is 514 g/mol. The van der Waals surface area contributed by atoms with Gasteiger partial charge in [0.25, 0.3) is 21.1 Å². The fraction of sp³-hybridized carbons (Fsp3) is 0. The van der Waals surface area contributed by atoms with Gasteiger partial charge >= 0.3 is 0 Å². The van der Waals surface area contributed by atoms with E-state index in [-0.39, 0.29) is 0 Å². The molecule has 4 rings (SSSR count). The fourth-order valence-corrected chi connectivity index (χ4v) is 7.77. The maximum absolute atomic E-state index is 8.57. The maximum Gasteiger partial charge on any atom is 0.282 e. The molecule has 0 radical (unpaired) electrons. The molecule has 29 heavy (non-hydrogen) atoms. The molecule has 5 heteroatoms. The summed E-state index contributed by atoms with van der Waals surface area (Å²) in [5, 5.41) is 5.55. The number of halogens is 1. The molecule has 0 aliphatic heterocycles. The van der Waals surface area contributed by atoms with Crippen LogP contribution in [0.5, 0.6) is 0 Å². The Kier molecular flexibility index (Phi) is 7.92. The predicted octanol–water partition coefficient (Wildman–Crippen LogP) is -2.26. The summed E-state index contributed by atoms with van der Waals surface area (Å²) in [5.41, 5.74) is 0. The summed E-state index contributed by atoms with van der Waals surface area (Å²) in [6.07, 6.45) is 0. The minimum absolute atomic E-state index is 1.39. The lowest BCUT2D eigenvalue weighted by Crippen LogP contribution is -4.05. The molecule has 0 fully saturated rings. The van der Waals surface area contributed by atoms with Gasteiger partial charge in [-0.25, -0.2) is 0 Å². The highest BCUT2D eigenvalue weighted by Crippen LogP contribution is 2.53. The van der Waals surface area contributed by atoms with Crippen LogP contribution in [-0.2, 0) is 0 Å². The molecule has 4 aromatic carbocycles. The summed E-state index contributed by atoms with van der Waals surface area (Å²) in [4.78, 5) is 0. The van der Waals surface area contributed by atoms with Gasteiger partial charge in [0.2, 0.25) is 0 Å². The van der Waals surface area contributed by atoms with Gasteiger partial charge in [0.15, 0.2) is 0 Å². The van der Waals surface area contributed by atoms with E-state index in [0.717, 1.165) is 0 Å². The Labute approximate surface area is 180 Å². The highest BCUT2D eigenvalue weighted by Gasteiger charge is 2.47. The second-order valence-corrected chi connectivity index (χ2v) is 10.7. The summed E-state index contributed by atoms with van der Waals surface area (Å²) < 4.78 is 25.7. The number of hydrogen-bond acceptors (Lipinski definition) is 3. The molecule has 0 heterocycles. The molecule has 0 aliphatic carbocycles. The van der Waals surface area contributed by atoms with Crippen LogP contribution in [0.1, 0.15) is 0 Å². The average Bonchev–Trinajstić information content (AvgIpc) is 2.77. The van der Waals surface area contributed by atoms with Crippen LogP contribution >= 0.6 is 7.26 Å². The van der Waals surface area contributed by atoms with E-state index in [2.05, 4.69) is 121 Å². The second kappa shape index (κ2) is 10.6. The van der Waals surface area contributed by atoms with Crippen LogP contribution in [0.3, 0.4) is 0 Å². The molecule has 0 aliphatic rings. The van der Waals surface area contributed by atoms with Crippen LogP contribution < -0.4 is 52.6 Å². The minimum atomic E-state index is -4.01. The lowest BCUT2D eigenvalue weighted by molar-refractivity contribution is -1.73. The Hall–Kier alpha value is -2.08. The molecule has 146 valence electrons. The van der Waals surface area contributed by atoms with Gasteiger partial charge in [-0.15, -0.1) is 0 Å². The van der Waals surface area contributed by atoms with Crippen molar-refractivity contribution in [3.8, 4) is 0 Å². The standard InChI is InChI=1S/C24H20P.IO3/c1-5-13-21(14-6-1)25(22-15-7-2-8-16-22,23-17-9-3-10-18-23)24-19-11-4-12-20-24;2-1(3)4/h1-20H;/q+1;-1. The third-order valence-electron chi connectivity index (χ3n) is 4.57. The third-order valence-corrected chi connectivity index (χ3v) is 8.86. The highest BCUT2D eigenvalue weighted by atomic mass is 127. The van der Waals surface area contributed by atoms with Crippen molar-refractivity contribution in [1.29, 1.82) is 0 Å². The van der Waals surface area contributed by atoms with Crippen LogP contribution in [0.4, 0.5) is 0 Å². The lowest BCUT2D eigenvalue weighted by atomic mass is 10.3. The molecular weight excluding hydrogens is 494 g/mol. The van der Waals surface area contributed by atoms with Crippen molar-refractivity contribution in [1.82, 2.24) is 0 Å². The van der Waals surface area contributed by atoms with Gasteiger partial charge in [-0.3, -0.25) is 0 Å². The molecule has 0 unspecified atom stereocenters. The van der Waals surface area contributed by atoms with E-state index in [1.807, 2.05) is 0 Å². The van der Waals surface area contributed by atoms with Crippen LogP contribution in [-0.4, -0.2) is 0 Å². The van der Waals surface area contributed by atoms with E-state index in [0.29, 0.717) is 0 Å². The van der Waals surface area contributed by atoms with E-state index in [1.165, 1.54) is 21.2 Å². The summed E-state index contributed by atoms with van der Waals surface area (Å²) in [5.74, 6) is 0. The maximum atomic E-state index is 8.57. The first kappa shape index (κ1) is 21.6.